The van der Waals surface area contributed by atoms with Crippen LogP contribution in [0.4, 0.5) is 5.82 Å². The number of unbranched alkanes of at least 4 members (excludes halogenated alkanes) is 4. The number of aliphatic hydroxyl groups is 1. The third kappa shape index (κ3) is 6.17. The van der Waals surface area contributed by atoms with E-state index < -0.39 is 0 Å². The van der Waals surface area contributed by atoms with E-state index in [0.29, 0.717) is 17.9 Å². The van der Waals surface area contributed by atoms with Crippen LogP contribution in [0.25, 0.3) is 11.0 Å². The van der Waals surface area contributed by atoms with Gasteiger partial charge in [0.05, 0.1) is 18.1 Å². The molecule has 0 radical (unpaired) electrons. The van der Waals surface area contributed by atoms with Gasteiger partial charge < -0.3 is 19.7 Å². The summed E-state index contributed by atoms with van der Waals surface area (Å²) < 4.78 is 7.72. The number of carbonyl (C=O) groups is 1. The van der Waals surface area contributed by atoms with Crippen molar-refractivity contribution in [2.45, 2.75) is 70.6 Å². The Balaban J connectivity index is 0.00000145. The van der Waals surface area contributed by atoms with Crippen molar-refractivity contribution in [3.05, 3.63) is 17.5 Å². The minimum absolute atomic E-state index is 0.00497. The summed E-state index contributed by atoms with van der Waals surface area (Å²) in [6.07, 6.45) is 17.0. The van der Waals surface area contributed by atoms with Crippen molar-refractivity contribution < 1.29 is 14.6 Å². The topological polar surface area (TPSA) is 89.3 Å². The van der Waals surface area contributed by atoms with Crippen LogP contribution in [0.15, 0.2) is 12.3 Å². The molecule has 2 atom stereocenters. The van der Waals surface area contributed by atoms with E-state index >= 15 is 0 Å². The molecule has 158 valence electrons. The number of hydrogen-bond donors (Lipinski definition) is 2. The molecule has 1 fully saturated rings. The molecule has 7 nitrogen and oxygen atoms in total. The van der Waals surface area contributed by atoms with Crippen molar-refractivity contribution in [2.24, 2.45) is 0 Å². The second-order valence-corrected chi connectivity index (χ2v) is 7.32. The van der Waals surface area contributed by atoms with E-state index in [9.17, 15) is 9.90 Å². The van der Waals surface area contributed by atoms with Gasteiger partial charge in [-0.2, -0.15) is 9.97 Å². The van der Waals surface area contributed by atoms with Crippen molar-refractivity contribution in [3.63, 3.8) is 0 Å². The molecule has 2 aromatic heterocycles. The number of aliphatic hydroxyl groups excluding tert-OH is 1. The fourth-order valence-corrected chi connectivity index (χ4v) is 3.61. The summed E-state index contributed by atoms with van der Waals surface area (Å²) in [5.74, 6) is 0.367. The molecule has 1 aliphatic rings. The third-order valence-electron chi connectivity index (χ3n) is 4.91. The molecule has 3 rings (SSSR count). The van der Waals surface area contributed by atoms with Gasteiger partial charge in [0.15, 0.2) is 0 Å². The Kier molecular flexibility index (Phi) is 9.39. The van der Waals surface area contributed by atoms with Crippen LogP contribution in [-0.4, -0.2) is 38.3 Å². The fourth-order valence-electron chi connectivity index (χ4n) is 3.44. The monoisotopic (exact) mass is 420 g/mol. The van der Waals surface area contributed by atoms with Crippen molar-refractivity contribution in [1.82, 2.24) is 14.5 Å². The lowest BCUT2D eigenvalue weighted by atomic mass is 10.1. The molecule has 0 aromatic carbocycles. The number of hydrogen-bond acceptors (Lipinski definition) is 5. The molecule has 0 bridgehead atoms. The first kappa shape index (κ1) is 23.1. The average molecular weight is 421 g/mol. The second-order valence-electron chi connectivity index (χ2n) is 6.99. The largest absolute Gasteiger partial charge is 0.394 e. The number of nitrogens with one attached hydrogen (secondary N) is 1. The van der Waals surface area contributed by atoms with E-state index in [4.69, 9.17) is 16.3 Å². The summed E-state index contributed by atoms with van der Waals surface area (Å²) >= 11 is 6.09. The second kappa shape index (κ2) is 11.8. The number of rotatable bonds is 9. The number of halogens is 1. The molecule has 0 saturated carbocycles. The number of fused-ring (bicyclic) bond motifs is 1. The first-order valence-electron chi connectivity index (χ1n) is 10.1. The van der Waals surface area contributed by atoms with Gasteiger partial charge in [-0.1, -0.05) is 32.6 Å². The van der Waals surface area contributed by atoms with Crippen molar-refractivity contribution in [3.8, 4) is 12.8 Å². The first-order valence-corrected chi connectivity index (χ1v) is 10.4. The molecule has 8 heteroatoms. The number of nitrogens with zero attached hydrogens (tertiary/aromatic N) is 3. The minimum atomic E-state index is -0.201. The van der Waals surface area contributed by atoms with Gasteiger partial charge in [0.2, 0.25) is 11.2 Å². The zero-order valence-electron chi connectivity index (χ0n) is 16.8. The van der Waals surface area contributed by atoms with Crippen molar-refractivity contribution in [1.29, 1.82) is 0 Å². The Morgan fingerprint density at radius 3 is 2.76 bits per heavy atom. The van der Waals surface area contributed by atoms with E-state index in [1.54, 1.807) is 0 Å². The molecule has 29 heavy (non-hydrogen) atoms. The summed E-state index contributed by atoms with van der Waals surface area (Å²) in [5, 5.41) is 13.0. The van der Waals surface area contributed by atoms with Gasteiger partial charge in [0, 0.05) is 12.6 Å². The lowest BCUT2D eigenvalue weighted by Crippen LogP contribution is -2.15. The van der Waals surface area contributed by atoms with Crippen LogP contribution in [0, 0.1) is 12.8 Å². The average Bonchev–Trinajstić information content (AvgIpc) is 3.36. The Hall–Kier alpha value is -2.14. The number of anilines is 1. The SMILES string of the molecule is C#C.CCCCCCCC(=O)Nc1nc(Cl)nc2c1ccn2C1CCC(CO)O1. The number of carbonyl (C=O) groups excluding carboxylic acids is 1. The fraction of sp³-hybridized carbons (Fsp3) is 0.571. The molecule has 0 spiro atoms. The van der Waals surface area contributed by atoms with E-state index in [2.05, 4.69) is 35.1 Å². The quantitative estimate of drug-likeness (QED) is 0.358. The van der Waals surface area contributed by atoms with Crippen LogP contribution in [0.1, 0.15) is 64.5 Å². The first-order chi connectivity index (χ1) is 14.1. The Bertz CT molecular complexity index is 821. The van der Waals surface area contributed by atoms with Crippen LogP contribution in [-0.2, 0) is 9.53 Å². The zero-order chi connectivity index (χ0) is 21.2. The van der Waals surface area contributed by atoms with Crippen molar-refractivity contribution >= 4 is 34.4 Å². The molecule has 1 saturated heterocycles. The van der Waals surface area contributed by atoms with Gasteiger partial charge in [-0.25, -0.2) is 0 Å². The number of amides is 1. The zero-order valence-corrected chi connectivity index (χ0v) is 17.6. The highest BCUT2D eigenvalue weighted by Gasteiger charge is 2.27. The number of ether oxygens (including phenoxy) is 1. The molecule has 3 heterocycles. The maximum absolute atomic E-state index is 12.3. The summed E-state index contributed by atoms with van der Waals surface area (Å²) in [4.78, 5) is 20.8. The summed E-state index contributed by atoms with van der Waals surface area (Å²) in [7, 11) is 0. The van der Waals surface area contributed by atoms with E-state index in [-0.39, 0.29) is 30.1 Å². The Labute approximate surface area is 176 Å². The Morgan fingerprint density at radius 1 is 1.31 bits per heavy atom. The van der Waals surface area contributed by atoms with Gasteiger partial charge in [0.1, 0.15) is 17.7 Å². The van der Waals surface area contributed by atoms with Crippen LogP contribution in [0.2, 0.25) is 5.28 Å². The molecule has 2 unspecified atom stereocenters. The van der Waals surface area contributed by atoms with E-state index in [1.165, 1.54) is 12.8 Å². The maximum Gasteiger partial charge on any atom is 0.226 e. The lowest BCUT2D eigenvalue weighted by molar-refractivity contribution is -0.116. The highest BCUT2D eigenvalue weighted by Crippen LogP contribution is 2.33. The maximum atomic E-state index is 12.3. The molecular formula is C21H29ClN4O3. The van der Waals surface area contributed by atoms with Crippen LogP contribution in [0.5, 0.6) is 0 Å². The van der Waals surface area contributed by atoms with Gasteiger partial charge >= 0.3 is 0 Å². The van der Waals surface area contributed by atoms with Gasteiger partial charge in [-0.15, -0.1) is 12.8 Å². The van der Waals surface area contributed by atoms with Crippen LogP contribution >= 0.6 is 11.6 Å². The van der Waals surface area contributed by atoms with Crippen LogP contribution < -0.4 is 5.32 Å². The number of aromatic nitrogens is 3. The summed E-state index contributed by atoms with van der Waals surface area (Å²) in [5.41, 5.74) is 0.622. The lowest BCUT2D eigenvalue weighted by Gasteiger charge is -2.15. The molecule has 2 N–H and O–H groups in total. The minimum Gasteiger partial charge on any atom is -0.394 e. The number of terminal acetylenes is 1. The standard InChI is InChI=1S/C19H27ClN4O3.C2H2/c1-2-3-4-5-6-7-15(26)21-17-14-10-11-24(18(14)23-19(20)22-17)16-9-8-13(12-25)27-16;1-2/h10-11,13,16,25H,2-9,12H2,1H3,(H,21,22,23,26);1-2H. The smallest absolute Gasteiger partial charge is 0.226 e. The molecule has 0 aliphatic carbocycles. The van der Waals surface area contributed by atoms with Gasteiger partial charge in [-0.05, 0) is 36.9 Å². The third-order valence-corrected chi connectivity index (χ3v) is 5.08. The van der Waals surface area contributed by atoms with Crippen LogP contribution in [0.3, 0.4) is 0 Å². The van der Waals surface area contributed by atoms with Gasteiger partial charge in [0.25, 0.3) is 0 Å². The highest BCUT2D eigenvalue weighted by molar-refractivity contribution is 6.28. The van der Waals surface area contributed by atoms with E-state index in [1.807, 2.05) is 16.8 Å². The van der Waals surface area contributed by atoms with Crippen molar-refractivity contribution in [2.75, 3.05) is 11.9 Å². The normalized spacial score (nSPS) is 18.4. The van der Waals surface area contributed by atoms with Gasteiger partial charge in [-0.3, -0.25) is 4.79 Å². The highest BCUT2D eigenvalue weighted by atomic mass is 35.5. The molecule has 1 amide bonds. The molecule has 2 aromatic rings. The predicted octanol–water partition coefficient (Wildman–Crippen LogP) is 4.30. The summed E-state index contributed by atoms with van der Waals surface area (Å²) in [6, 6.07) is 1.86. The van der Waals surface area contributed by atoms with E-state index in [0.717, 1.165) is 37.5 Å². The molecular weight excluding hydrogens is 392 g/mol. The Morgan fingerprint density at radius 2 is 2.07 bits per heavy atom. The molecule has 1 aliphatic heterocycles. The summed E-state index contributed by atoms with van der Waals surface area (Å²) in [6.45, 7) is 2.18. The predicted molar refractivity (Wildman–Crippen MR) is 115 cm³/mol.